The quantitative estimate of drug-likeness (QED) is 0.577. The lowest BCUT2D eigenvalue weighted by atomic mass is 9.78. The van der Waals surface area contributed by atoms with E-state index in [1.807, 2.05) is 53.7 Å². The van der Waals surface area contributed by atoms with Crippen molar-refractivity contribution in [3.05, 3.63) is 23.8 Å². The molecule has 0 amide bonds. The van der Waals surface area contributed by atoms with Crippen molar-refractivity contribution in [2.24, 2.45) is 5.92 Å². The second-order valence-corrected chi connectivity index (χ2v) is 8.02. The van der Waals surface area contributed by atoms with Crippen LogP contribution < -0.4 is 10.2 Å². The fraction of sp³-hybridized carbons (Fsp3) is 0.650. The maximum absolute atomic E-state index is 12.1. The van der Waals surface area contributed by atoms with Crippen LogP contribution in [-0.2, 0) is 18.8 Å². The van der Waals surface area contributed by atoms with Gasteiger partial charge in [-0.05, 0) is 65.1 Å². The molecule has 2 aliphatic rings. The molecule has 2 fully saturated rings. The molecule has 1 aliphatic carbocycles. The molecule has 142 valence electrons. The molecule has 1 saturated carbocycles. The number of benzene rings is 1. The van der Waals surface area contributed by atoms with Crippen molar-refractivity contribution in [3.8, 4) is 5.75 Å². The summed E-state index contributed by atoms with van der Waals surface area (Å²) in [5.41, 5.74) is 1.22. The number of carbonyl (C=O) groups excluding carboxylic acids is 1. The summed E-state index contributed by atoms with van der Waals surface area (Å²) in [6.07, 6.45) is 0.797. The normalized spacial score (nSPS) is 25.8. The van der Waals surface area contributed by atoms with Gasteiger partial charge in [0, 0.05) is 5.92 Å². The first-order valence-corrected chi connectivity index (χ1v) is 9.49. The van der Waals surface area contributed by atoms with E-state index in [1.54, 1.807) is 0 Å². The van der Waals surface area contributed by atoms with E-state index in [4.69, 9.17) is 18.8 Å². The third kappa shape index (κ3) is 3.49. The Balaban J connectivity index is 1.85. The van der Waals surface area contributed by atoms with Crippen molar-refractivity contribution in [2.45, 2.75) is 65.1 Å². The predicted octanol–water partition coefficient (Wildman–Crippen LogP) is 3.05. The zero-order valence-corrected chi connectivity index (χ0v) is 16.6. The summed E-state index contributed by atoms with van der Waals surface area (Å²) < 4.78 is 23.3. The van der Waals surface area contributed by atoms with Crippen LogP contribution in [0.2, 0.25) is 0 Å². The molecule has 0 unspecified atom stereocenters. The molecule has 26 heavy (non-hydrogen) atoms. The fourth-order valence-electron chi connectivity index (χ4n) is 3.32. The molecule has 0 bridgehead atoms. The van der Waals surface area contributed by atoms with E-state index < -0.39 is 7.12 Å². The molecule has 0 radical (unpaired) electrons. The first-order valence-electron chi connectivity index (χ1n) is 9.49. The van der Waals surface area contributed by atoms with Crippen molar-refractivity contribution in [1.29, 1.82) is 0 Å². The second-order valence-electron chi connectivity index (χ2n) is 8.02. The van der Waals surface area contributed by atoms with Gasteiger partial charge in [-0.15, -0.1) is 0 Å². The maximum atomic E-state index is 12.1. The Bertz CT molecular complexity index is 669. The molecule has 1 heterocycles. The molecule has 6 heteroatoms. The van der Waals surface area contributed by atoms with E-state index in [2.05, 4.69) is 6.07 Å². The Morgan fingerprint density at radius 2 is 1.81 bits per heavy atom. The van der Waals surface area contributed by atoms with Gasteiger partial charge in [0.1, 0.15) is 5.75 Å². The molecule has 5 nitrogen and oxygen atoms in total. The van der Waals surface area contributed by atoms with Gasteiger partial charge in [-0.2, -0.15) is 0 Å². The van der Waals surface area contributed by atoms with E-state index in [9.17, 15) is 4.79 Å². The molecule has 3 rings (SSSR count). The largest absolute Gasteiger partial charge is 0.494 e. The lowest BCUT2D eigenvalue weighted by Gasteiger charge is -2.32. The van der Waals surface area contributed by atoms with Crippen molar-refractivity contribution in [1.82, 2.24) is 0 Å². The van der Waals surface area contributed by atoms with E-state index in [-0.39, 0.29) is 29.0 Å². The van der Waals surface area contributed by atoms with Gasteiger partial charge in [-0.1, -0.05) is 12.1 Å². The third-order valence-electron chi connectivity index (χ3n) is 5.64. The summed E-state index contributed by atoms with van der Waals surface area (Å²) >= 11 is 0. The van der Waals surface area contributed by atoms with Gasteiger partial charge in [0.15, 0.2) is 0 Å². The number of carbonyl (C=O) groups is 1. The minimum atomic E-state index is -0.422. The topological polar surface area (TPSA) is 54.0 Å². The van der Waals surface area contributed by atoms with Crippen LogP contribution in [0.15, 0.2) is 18.2 Å². The second kappa shape index (κ2) is 6.89. The van der Waals surface area contributed by atoms with Crippen LogP contribution in [0.3, 0.4) is 0 Å². The average molecular weight is 360 g/mol. The maximum Gasteiger partial charge on any atom is 0.494 e. The van der Waals surface area contributed by atoms with Crippen molar-refractivity contribution >= 4 is 18.6 Å². The minimum Gasteiger partial charge on any atom is -0.494 e. The number of esters is 1. The van der Waals surface area contributed by atoms with Gasteiger partial charge in [0.25, 0.3) is 0 Å². The Morgan fingerprint density at radius 1 is 1.15 bits per heavy atom. The lowest BCUT2D eigenvalue weighted by Crippen LogP contribution is -2.41. The van der Waals surface area contributed by atoms with Gasteiger partial charge in [-0.25, -0.2) is 0 Å². The molecule has 1 aromatic carbocycles. The summed E-state index contributed by atoms with van der Waals surface area (Å²) in [6.45, 7) is 13.0. The Labute approximate surface area is 156 Å². The van der Waals surface area contributed by atoms with Crippen LogP contribution in [0.25, 0.3) is 0 Å². The molecule has 1 aliphatic heterocycles. The van der Waals surface area contributed by atoms with Crippen LogP contribution in [0.4, 0.5) is 0 Å². The lowest BCUT2D eigenvalue weighted by molar-refractivity contribution is -0.144. The first-order chi connectivity index (χ1) is 12.2. The van der Waals surface area contributed by atoms with E-state index in [0.29, 0.717) is 13.2 Å². The Hall–Kier alpha value is -1.53. The zero-order valence-electron chi connectivity index (χ0n) is 16.6. The van der Waals surface area contributed by atoms with Gasteiger partial charge in [0.05, 0.1) is 30.3 Å². The van der Waals surface area contributed by atoms with Crippen LogP contribution in [-0.4, -0.2) is 37.5 Å². The summed E-state index contributed by atoms with van der Waals surface area (Å²) in [5.74, 6) is 0.756. The van der Waals surface area contributed by atoms with E-state index in [1.165, 1.54) is 0 Å². The summed E-state index contributed by atoms with van der Waals surface area (Å²) in [5, 5.41) is 0. The molecule has 2 atom stereocenters. The Kier molecular flexibility index (Phi) is 5.10. The van der Waals surface area contributed by atoms with Crippen molar-refractivity contribution in [2.75, 3.05) is 13.2 Å². The molecule has 0 aromatic heterocycles. The highest BCUT2D eigenvalue weighted by molar-refractivity contribution is 6.62. The molecule has 0 N–H and O–H groups in total. The standard InChI is InChI=1S/C20H29BO5/c1-7-23-17-10-9-13(21-25-19(3,4)20(5,6)26-21)11-15(17)14-12-16(14)18(22)24-8-2/h9-11,14,16H,7-8,12H2,1-6H3/t14-,16+/m0/s1. The summed E-state index contributed by atoms with van der Waals surface area (Å²) in [6, 6.07) is 6.01. The SMILES string of the molecule is CCOC(=O)[C@@H]1C[C@H]1c1cc(B2OC(C)(C)C(C)(C)O2)ccc1OCC. The molecular formula is C20H29BO5. The van der Waals surface area contributed by atoms with Crippen LogP contribution >= 0.6 is 0 Å². The number of hydrogen-bond acceptors (Lipinski definition) is 5. The average Bonchev–Trinajstić information content (AvgIpc) is 3.31. The van der Waals surface area contributed by atoms with Gasteiger partial charge in [0.2, 0.25) is 0 Å². The summed E-state index contributed by atoms with van der Waals surface area (Å²) in [4.78, 5) is 12.1. The molecular weight excluding hydrogens is 331 g/mol. The van der Waals surface area contributed by atoms with E-state index in [0.717, 1.165) is 23.2 Å². The third-order valence-corrected chi connectivity index (χ3v) is 5.64. The van der Waals surface area contributed by atoms with Crippen LogP contribution in [0, 0.1) is 5.92 Å². The van der Waals surface area contributed by atoms with Gasteiger partial charge < -0.3 is 18.8 Å². The highest BCUT2D eigenvalue weighted by Gasteiger charge is 2.52. The van der Waals surface area contributed by atoms with E-state index >= 15 is 0 Å². The molecule has 1 aromatic rings. The number of ether oxygens (including phenoxy) is 2. The Morgan fingerprint density at radius 3 is 2.38 bits per heavy atom. The monoisotopic (exact) mass is 360 g/mol. The van der Waals surface area contributed by atoms with Crippen molar-refractivity contribution < 1.29 is 23.6 Å². The highest BCUT2D eigenvalue weighted by Crippen LogP contribution is 2.51. The van der Waals surface area contributed by atoms with Gasteiger partial charge >= 0.3 is 13.1 Å². The smallest absolute Gasteiger partial charge is 0.494 e. The number of hydrogen-bond donors (Lipinski definition) is 0. The fourth-order valence-corrected chi connectivity index (χ4v) is 3.32. The predicted molar refractivity (Wildman–Crippen MR) is 101 cm³/mol. The van der Waals surface area contributed by atoms with Gasteiger partial charge in [-0.3, -0.25) is 4.79 Å². The van der Waals surface area contributed by atoms with Crippen LogP contribution in [0.5, 0.6) is 5.75 Å². The zero-order chi connectivity index (χ0) is 19.1. The molecule has 1 saturated heterocycles. The summed E-state index contributed by atoms with van der Waals surface area (Å²) in [7, 11) is -0.422. The van der Waals surface area contributed by atoms with Crippen LogP contribution in [0.1, 0.15) is 59.4 Å². The molecule has 0 spiro atoms. The van der Waals surface area contributed by atoms with Crippen molar-refractivity contribution in [3.63, 3.8) is 0 Å². The number of rotatable bonds is 6. The first kappa shape index (κ1) is 19.2. The highest BCUT2D eigenvalue weighted by atomic mass is 16.7. The minimum absolute atomic E-state index is 0.0808.